The van der Waals surface area contributed by atoms with Crippen LogP contribution in [-0.2, 0) is 6.54 Å². The number of rotatable bonds is 3. The average Bonchev–Trinajstić information content (AvgIpc) is 2.50. The number of hydrogen-bond donors (Lipinski definition) is 2. The summed E-state index contributed by atoms with van der Waals surface area (Å²) in [5.41, 5.74) is 8.88. The van der Waals surface area contributed by atoms with Crippen LogP contribution in [0.4, 0.5) is 15.9 Å². The lowest BCUT2D eigenvalue weighted by atomic mass is 10.1. The minimum absolute atomic E-state index is 0.231. The number of nitrogen functional groups attached to an aromatic ring is 1. The summed E-state index contributed by atoms with van der Waals surface area (Å²) >= 11 is 0. The first-order valence-corrected chi connectivity index (χ1v) is 6.77. The summed E-state index contributed by atoms with van der Waals surface area (Å²) in [6.07, 6.45) is 1.74. The number of halogens is 1. The van der Waals surface area contributed by atoms with Crippen LogP contribution in [0.2, 0.25) is 0 Å². The first-order valence-electron chi connectivity index (χ1n) is 6.77. The molecule has 0 aliphatic heterocycles. The Labute approximate surface area is 122 Å². The molecule has 3 N–H and O–H groups in total. The number of aryl methyl sites for hydroxylation is 1. The summed E-state index contributed by atoms with van der Waals surface area (Å²) in [5, 5.41) is 5.32. The highest BCUT2D eigenvalue weighted by atomic mass is 19.1. The predicted octanol–water partition coefficient (Wildman–Crippen LogP) is 3.88. The summed E-state index contributed by atoms with van der Waals surface area (Å²) in [6, 6.07) is 12.2. The van der Waals surface area contributed by atoms with Crippen LogP contribution in [0.3, 0.4) is 0 Å². The summed E-state index contributed by atoms with van der Waals surface area (Å²) in [7, 11) is 0. The van der Waals surface area contributed by atoms with E-state index >= 15 is 0 Å². The van der Waals surface area contributed by atoms with E-state index in [4.69, 9.17) is 5.73 Å². The minimum Gasteiger partial charge on any atom is -0.398 e. The minimum atomic E-state index is -0.231. The molecule has 0 saturated heterocycles. The Morgan fingerprint density at radius 2 is 1.86 bits per heavy atom. The number of nitrogens with one attached hydrogen (secondary N) is 1. The lowest BCUT2D eigenvalue weighted by Gasteiger charge is -2.12. The van der Waals surface area contributed by atoms with E-state index in [1.807, 2.05) is 25.1 Å². The van der Waals surface area contributed by atoms with Crippen LogP contribution in [0.1, 0.15) is 11.1 Å². The molecule has 3 aromatic rings. The summed E-state index contributed by atoms with van der Waals surface area (Å²) in [6.45, 7) is 2.62. The van der Waals surface area contributed by atoms with E-state index in [1.165, 1.54) is 12.1 Å². The third kappa shape index (κ3) is 2.65. The molecule has 106 valence electrons. The van der Waals surface area contributed by atoms with E-state index < -0.39 is 0 Å². The van der Waals surface area contributed by atoms with E-state index in [2.05, 4.69) is 10.3 Å². The van der Waals surface area contributed by atoms with Crippen molar-refractivity contribution in [3.8, 4) is 0 Å². The van der Waals surface area contributed by atoms with Crippen LogP contribution in [-0.4, -0.2) is 4.98 Å². The third-order valence-electron chi connectivity index (χ3n) is 3.54. The highest BCUT2D eigenvalue weighted by Crippen LogP contribution is 2.29. The van der Waals surface area contributed by atoms with Gasteiger partial charge in [0.05, 0.1) is 0 Å². The number of benzene rings is 2. The van der Waals surface area contributed by atoms with Crippen LogP contribution in [0.5, 0.6) is 0 Å². The van der Waals surface area contributed by atoms with Crippen molar-refractivity contribution in [1.82, 2.24) is 4.98 Å². The van der Waals surface area contributed by atoms with Gasteiger partial charge in [0.15, 0.2) is 0 Å². The normalized spacial score (nSPS) is 10.8. The molecule has 0 aliphatic rings. The van der Waals surface area contributed by atoms with Crippen LogP contribution >= 0.6 is 0 Å². The maximum absolute atomic E-state index is 12.9. The fraction of sp³-hybridized carbons (Fsp3) is 0.118. The summed E-state index contributed by atoms with van der Waals surface area (Å²) < 4.78 is 12.9. The molecule has 3 rings (SSSR count). The van der Waals surface area contributed by atoms with Crippen molar-refractivity contribution in [2.45, 2.75) is 13.5 Å². The van der Waals surface area contributed by atoms with Crippen molar-refractivity contribution >= 4 is 22.3 Å². The molecule has 0 saturated carbocycles. The molecule has 3 nitrogen and oxygen atoms in total. The monoisotopic (exact) mass is 281 g/mol. The quantitative estimate of drug-likeness (QED) is 0.716. The highest BCUT2D eigenvalue weighted by molar-refractivity contribution is 6.01. The molecule has 0 fully saturated rings. The van der Waals surface area contributed by atoms with E-state index in [0.29, 0.717) is 6.54 Å². The van der Waals surface area contributed by atoms with Gasteiger partial charge in [-0.25, -0.2) is 9.37 Å². The van der Waals surface area contributed by atoms with Gasteiger partial charge in [-0.3, -0.25) is 0 Å². The second-order valence-corrected chi connectivity index (χ2v) is 5.03. The Bertz CT molecular complexity index is 782. The predicted molar refractivity (Wildman–Crippen MR) is 84.6 cm³/mol. The maximum atomic E-state index is 12.9. The molecule has 0 unspecified atom stereocenters. The maximum Gasteiger partial charge on any atom is 0.134 e. The molecular weight excluding hydrogens is 265 g/mol. The van der Waals surface area contributed by atoms with Gasteiger partial charge in [-0.05, 0) is 42.3 Å². The number of pyridine rings is 1. The van der Waals surface area contributed by atoms with E-state index in [0.717, 1.165) is 33.4 Å². The van der Waals surface area contributed by atoms with Gasteiger partial charge in [0.25, 0.3) is 0 Å². The van der Waals surface area contributed by atoms with Gasteiger partial charge in [0.1, 0.15) is 11.6 Å². The number of fused-ring (bicyclic) bond motifs is 1. The Hall–Kier alpha value is -2.62. The Morgan fingerprint density at radius 3 is 2.62 bits per heavy atom. The van der Waals surface area contributed by atoms with E-state index in [9.17, 15) is 4.39 Å². The van der Waals surface area contributed by atoms with Crippen molar-refractivity contribution in [1.29, 1.82) is 0 Å². The molecule has 0 bridgehead atoms. The largest absolute Gasteiger partial charge is 0.398 e. The highest BCUT2D eigenvalue weighted by Gasteiger charge is 2.07. The topological polar surface area (TPSA) is 50.9 Å². The number of nitrogens with zero attached hydrogens (tertiary/aromatic N) is 1. The summed E-state index contributed by atoms with van der Waals surface area (Å²) in [5.74, 6) is 0.562. The van der Waals surface area contributed by atoms with Gasteiger partial charge in [-0.1, -0.05) is 18.2 Å². The zero-order chi connectivity index (χ0) is 14.8. The van der Waals surface area contributed by atoms with Crippen molar-refractivity contribution in [3.05, 3.63) is 65.6 Å². The summed E-state index contributed by atoms with van der Waals surface area (Å²) in [4.78, 5) is 4.40. The molecule has 0 spiro atoms. The number of anilines is 2. The lowest BCUT2D eigenvalue weighted by molar-refractivity contribution is 0.627. The van der Waals surface area contributed by atoms with Gasteiger partial charge in [-0.2, -0.15) is 0 Å². The lowest BCUT2D eigenvalue weighted by Crippen LogP contribution is -2.03. The van der Waals surface area contributed by atoms with Crippen molar-refractivity contribution < 1.29 is 4.39 Å². The Morgan fingerprint density at radius 1 is 1.10 bits per heavy atom. The molecule has 2 aromatic carbocycles. The molecule has 0 aliphatic carbocycles. The SMILES string of the molecule is Cc1ccc(N)c2ccnc(NCc3ccc(F)cc3)c12. The molecule has 1 heterocycles. The van der Waals surface area contributed by atoms with Crippen LogP contribution in [0.25, 0.3) is 10.8 Å². The van der Waals surface area contributed by atoms with Crippen LogP contribution in [0.15, 0.2) is 48.7 Å². The number of nitrogens with two attached hydrogens (primary N) is 1. The second kappa shape index (κ2) is 5.40. The average molecular weight is 281 g/mol. The van der Waals surface area contributed by atoms with Crippen LogP contribution < -0.4 is 11.1 Å². The smallest absolute Gasteiger partial charge is 0.134 e. The molecule has 0 atom stereocenters. The molecular formula is C17H16FN3. The van der Waals surface area contributed by atoms with Crippen molar-refractivity contribution in [2.24, 2.45) is 0 Å². The van der Waals surface area contributed by atoms with Gasteiger partial charge < -0.3 is 11.1 Å². The van der Waals surface area contributed by atoms with Gasteiger partial charge in [-0.15, -0.1) is 0 Å². The number of hydrogen-bond acceptors (Lipinski definition) is 3. The number of aromatic nitrogens is 1. The molecule has 0 radical (unpaired) electrons. The molecule has 21 heavy (non-hydrogen) atoms. The Kier molecular flexibility index (Phi) is 3.44. The van der Waals surface area contributed by atoms with Crippen LogP contribution in [0, 0.1) is 12.7 Å². The standard InChI is InChI=1S/C17H16FN3/c1-11-2-7-15(19)14-8-9-20-17(16(11)14)21-10-12-3-5-13(18)6-4-12/h2-9H,10,19H2,1H3,(H,20,21). The zero-order valence-electron chi connectivity index (χ0n) is 11.7. The fourth-order valence-corrected chi connectivity index (χ4v) is 2.41. The van der Waals surface area contributed by atoms with E-state index in [1.54, 1.807) is 18.3 Å². The first-order chi connectivity index (χ1) is 10.1. The second-order valence-electron chi connectivity index (χ2n) is 5.03. The van der Waals surface area contributed by atoms with E-state index in [-0.39, 0.29) is 5.82 Å². The van der Waals surface area contributed by atoms with Gasteiger partial charge in [0, 0.05) is 29.2 Å². The molecule has 1 aromatic heterocycles. The van der Waals surface area contributed by atoms with Gasteiger partial charge in [0.2, 0.25) is 0 Å². The fourth-order valence-electron chi connectivity index (χ4n) is 2.41. The Balaban J connectivity index is 1.94. The van der Waals surface area contributed by atoms with Crippen molar-refractivity contribution in [2.75, 3.05) is 11.1 Å². The van der Waals surface area contributed by atoms with Gasteiger partial charge >= 0.3 is 0 Å². The molecule has 0 amide bonds. The first kappa shape index (κ1) is 13.4. The third-order valence-corrected chi connectivity index (χ3v) is 3.54. The molecule has 4 heteroatoms. The zero-order valence-corrected chi connectivity index (χ0v) is 11.7. The van der Waals surface area contributed by atoms with Crippen molar-refractivity contribution in [3.63, 3.8) is 0 Å².